The van der Waals surface area contributed by atoms with Crippen molar-refractivity contribution in [2.45, 2.75) is 4.90 Å². The molecule has 0 aliphatic heterocycles. The third kappa shape index (κ3) is 1.82. The van der Waals surface area contributed by atoms with Gasteiger partial charge in [0, 0.05) is 0 Å². The molecular weight excluding hydrogens is 228 g/mol. The van der Waals surface area contributed by atoms with Gasteiger partial charge in [-0.1, -0.05) is 24.3 Å². The lowest BCUT2D eigenvalue weighted by Gasteiger charge is -2.04. The molecule has 0 aliphatic rings. The fourth-order valence-electron chi connectivity index (χ4n) is 1.56. The van der Waals surface area contributed by atoms with E-state index in [9.17, 15) is 9.00 Å². The summed E-state index contributed by atoms with van der Waals surface area (Å²) in [6.07, 6.45) is 0. The van der Waals surface area contributed by atoms with Gasteiger partial charge in [0.1, 0.15) is 0 Å². The third-order valence-corrected chi connectivity index (χ3v) is 2.91. The molecule has 0 saturated carbocycles. The lowest BCUT2D eigenvalue weighted by atomic mass is 10.0. The smallest absolute Gasteiger partial charge is 0.336 e. The Bertz CT molecular complexity index is 592. The summed E-state index contributed by atoms with van der Waals surface area (Å²) in [7, 11) is 0. The topological polar surface area (TPSA) is 74.6 Å². The number of hydrogen-bond acceptors (Lipinski definition) is 2. The number of hydrogen-bond donors (Lipinski definition) is 2. The Morgan fingerprint density at radius 3 is 2.50 bits per heavy atom. The molecule has 0 heterocycles. The highest BCUT2D eigenvalue weighted by Gasteiger charge is 2.12. The molecule has 0 bridgehead atoms. The van der Waals surface area contributed by atoms with Gasteiger partial charge in [-0.25, -0.2) is 9.00 Å². The molecule has 0 amide bonds. The van der Waals surface area contributed by atoms with Crippen LogP contribution >= 0.6 is 0 Å². The zero-order valence-electron chi connectivity index (χ0n) is 8.08. The van der Waals surface area contributed by atoms with E-state index in [2.05, 4.69) is 0 Å². The summed E-state index contributed by atoms with van der Waals surface area (Å²) in [6, 6.07) is 9.59. The second kappa shape index (κ2) is 4.03. The average molecular weight is 236 g/mol. The van der Waals surface area contributed by atoms with E-state index < -0.39 is 17.0 Å². The first kappa shape index (κ1) is 10.8. The lowest BCUT2D eigenvalue weighted by molar-refractivity contribution is 0.0699. The molecule has 5 heteroatoms. The monoisotopic (exact) mass is 236 g/mol. The highest BCUT2D eigenvalue weighted by atomic mass is 32.2. The fourth-order valence-corrected chi connectivity index (χ4v) is 2.01. The lowest BCUT2D eigenvalue weighted by Crippen LogP contribution is -2.00. The molecule has 16 heavy (non-hydrogen) atoms. The van der Waals surface area contributed by atoms with Gasteiger partial charge in [0.05, 0.1) is 10.5 Å². The molecule has 0 fully saturated rings. The van der Waals surface area contributed by atoms with Crippen molar-refractivity contribution >= 4 is 27.8 Å². The summed E-state index contributed by atoms with van der Waals surface area (Å²) < 4.78 is 19.9. The van der Waals surface area contributed by atoms with E-state index in [0.717, 1.165) is 0 Å². The summed E-state index contributed by atoms with van der Waals surface area (Å²) >= 11 is -2.18. The highest BCUT2D eigenvalue weighted by Crippen LogP contribution is 2.22. The van der Waals surface area contributed by atoms with E-state index in [1.54, 1.807) is 24.3 Å². The van der Waals surface area contributed by atoms with Gasteiger partial charge in [-0.05, 0) is 22.9 Å². The molecule has 2 N–H and O–H groups in total. The molecule has 2 aromatic rings. The van der Waals surface area contributed by atoms with Crippen molar-refractivity contribution in [3.8, 4) is 0 Å². The molecule has 0 spiro atoms. The number of rotatable bonds is 2. The van der Waals surface area contributed by atoms with Crippen molar-refractivity contribution in [3.05, 3.63) is 42.0 Å². The third-order valence-electron chi connectivity index (χ3n) is 2.27. The normalized spacial score (nSPS) is 12.6. The summed E-state index contributed by atoms with van der Waals surface area (Å²) in [5.41, 5.74) is 0.0375. The highest BCUT2D eigenvalue weighted by molar-refractivity contribution is 7.79. The molecule has 0 saturated heterocycles. The van der Waals surface area contributed by atoms with Crippen molar-refractivity contribution in [1.82, 2.24) is 0 Å². The average Bonchev–Trinajstić information content (AvgIpc) is 2.27. The van der Waals surface area contributed by atoms with Crippen LogP contribution in [-0.2, 0) is 11.1 Å². The first-order valence-electron chi connectivity index (χ1n) is 4.46. The number of carboxylic acids is 1. The Balaban J connectivity index is 2.84. The first-order chi connectivity index (χ1) is 7.59. The van der Waals surface area contributed by atoms with Gasteiger partial charge in [-0.2, -0.15) is 0 Å². The van der Waals surface area contributed by atoms with Crippen LogP contribution in [0, 0.1) is 0 Å². The minimum Gasteiger partial charge on any atom is -0.478 e. The van der Waals surface area contributed by atoms with E-state index >= 15 is 0 Å². The van der Waals surface area contributed by atoms with Crippen LogP contribution < -0.4 is 0 Å². The van der Waals surface area contributed by atoms with Crippen molar-refractivity contribution in [2.75, 3.05) is 0 Å². The Morgan fingerprint density at radius 2 is 1.88 bits per heavy atom. The molecule has 0 radical (unpaired) electrons. The zero-order valence-corrected chi connectivity index (χ0v) is 8.90. The van der Waals surface area contributed by atoms with Crippen molar-refractivity contribution in [3.63, 3.8) is 0 Å². The maximum absolute atomic E-state index is 11.0. The largest absolute Gasteiger partial charge is 0.478 e. The second-order valence-electron chi connectivity index (χ2n) is 3.25. The maximum atomic E-state index is 11.0. The van der Waals surface area contributed by atoms with Crippen LogP contribution in [0.3, 0.4) is 0 Å². The standard InChI is InChI=1S/C11H8O4S/c12-11(13)10-6-8(16(14)15)5-7-3-1-2-4-9(7)10/h1-6H,(H,12,13)(H,14,15). The molecular formula is C11H8O4S. The molecule has 4 nitrogen and oxygen atoms in total. The second-order valence-corrected chi connectivity index (χ2v) is 4.22. The van der Waals surface area contributed by atoms with Crippen molar-refractivity contribution in [1.29, 1.82) is 0 Å². The Morgan fingerprint density at radius 1 is 1.19 bits per heavy atom. The number of fused-ring (bicyclic) bond motifs is 1. The molecule has 0 aromatic heterocycles. The number of carbonyl (C=O) groups is 1. The molecule has 2 aromatic carbocycles. The van der Waals surface area contributed by atoms with Crippen LogP contribution in [-0.4, -0.2) is 19.8 Å². The van der Waals surface area contributed by atoms with Crippen LogP contribution in [0.4, 0.5) is 0 Å². The minimum absolute atomic E-state index is 0.0375. The van der Waals surface area contributed by atoms with Gasteiger partial charge in [0.15, 0.2) is 11.1 Å². The minimum atomic E-state index is -2.18. The Kier molecular flexibility index (Phi) is 2.72. The van der Waals surface area contributed by atoms with Gasteiger partial charge in [-0.15, -0.1) is 0 Å². The van der Waals surface area contributed by atoms with Gasteiger partial charge < -0.3 is 9.66 Å². The molecule has 2 rings (SSSR count). The molecule has 1 unspecified atom stereocenters. The van der Waals surface area contributed by atoms with Gasteiger partial charge >= 0.3 is 5.97 Å². The predicted molar refractivity (Wildman–Crippen MR) is 59.9 cm³/mol. The molecule has 82 valence electrons. The summed E-state index contributed by atoms with van der Waals surface area (Å²) in [4.78, 5) is 11.1. The number of carboxylic acid groups (broad SMARTS) is 1. The van der Waals surface area contributed by atoms with Gasteiger partial charge in [0.2, 0.25) is 0 Å². The van der Waals surface area contributed by atoms with Crippen LogP contribution in [0.2, 0.25) is 0 Å². The quantitative estimate of drug-likeness (QED) is 0.783. The first-order valence-corrected chi connectivity index (χ1v) is 5.57. The molecule has 1 atom stereocenters. The number of aromatic carboxylic acids is 1. The van der Waals surface area contributed by atoms with Crippen LogP contribution in [0.25, 0.3) is 10.8 Å². The fraction of sp³-hybridized carbons (Fsp3) is 0. The summed E-state index contributed by atoms with van der Waals surface area (Å²) in [5.74, 6) is -1.11. The van der Waals surface area contributed by atoms with Crippen LogP contribution in [0.5, 0.6) is 0 Å². The Labute approximate surface area is 93.8 Å². The molecule has 0 aliphatic carbocycles. The SMILES string of the molecule is O=C(O)c1cc(S(=O)O)cc2ccccc12. The van der Waals surface area contributed by atoms with E-state index in [4.69, 9.17) is 9.66 Å². The van der Waals surface area contributed by atoms with Gasteiger partial charge in [-0.3, -0.25) is 0 Å². The van der Waals surface area contributed by atoms with Gasteiger partial charge in [0.25, 0.3) is 0 Å². The summed E-state index contributed by atoms with van der Waals surface area (Å²) in [5, 5.41) is 10.2. The predicted octanol–water partition coefficient (Wildman–Crippen LogP) is 2.12. The zero-order chi connectivity index (χ0) is 11.7. The van der Waals surface area contributed by atoms with E-state index in [1.165, 1.54) is 12.1 Å². The van der Waals surface area contributed by atoms with Crippen molar-refractivity contribution < 1.29 is 18.7 Å². The van der Waals surface area contributed by atoms with E-state index in [1.807, 2.05) is 0 Å². The maximum Gasteiger partial charge on any atom is 0.336 e. The van der Waals surface area contributed by atoms with Crippen LogP contribution in [0.15, 0.2) is 41.3 Å². The number of benzene rings is 2. The van der Waals surface area contributed by atoms with Crippen LogP contribution in [0.1, 0.15) is 10.4 Å². The van der Waals surface area contributed by atoms with E-state index in [-0.39, 0.29) is 10.5 Å². The Hall–Kier alpha value is -1.72. The van der Waals surface area contributed by atoms with E-state index in [0.29, 0.717) is 10.8 Å². The van der Waals surface area contributed by atoms with Crippen molar-refractivity contribution in [2.24, 2.45) is 0 Å². The summed E-state index contributed by atoms with van der Waals surface area (Å²) in [6.45, 7) is 0.